The van der Waals surface area contributed by atoms with Gasteiger partial charge < -0.3 is 15.8 Å². The van der Waals surface area contributed by atoms with Gasteiger partial charge in [-0.05, 0) is 24.1 Å². The summed E-state index contributed by atoms with van der Waals surface area (Å²) in [5.41, 5.74) is 6.57. The standard InChI is InChI=1S/C14H21BrN2O2/c1-9(2)12(7-16)14(18)17-8-10-6-11(15)4-5-13(10)19-3/h4-6,9,12H,7-8,16H2,1-3H3,(H,17,18). The SMILES string of the molecule is COc1ccc(Br)cc1CNC(=O)C(CN)C(C)C. The van der Waals surface area contributed by atoms with Crippen molar-refractivity contribution in [1.82, 2.24) is 5.32 Å². The Kier molecular flexibility index (Phi) is 6.31. The van der Waals surface area contributed by atoms with Gasteiger partial charge in [-0.3, -0.25) is 4.79 Å². The molecule has 19 heavy (non-hydrogen) atoms. The van der Waals surface area contributed by atoms with Crippen molar-refractivity contribution in [3.8, 4) is 5.75 Å². The van der Waals surface area contributed by atoms with Crippen LogP contribution in [0, 0.1) is 11.8 Å². The first-order valence-electron chi connectivity index (χ1n) is 6.29. The molecule has 0 aromatic heterocycles. The third-order valence-corrected chi connectivity index (χ3v) is 3.58. The fourth-order valence-corrected chi connectivity index (χ4v) is 2.29. The summed E-state index contributed by atoms with van der Waals surface area (Å²) >= 11 is 3.41. The first-order valence-corrected chi connectivity index (χ1v) is 7.09. The first kappa shape index (κ1) is 16.0. The third kappa shape index (κ3) is 4.51. The van der Waals surface area contributed by atoms with Crippen LogP contribution in [0.15, 0.2) is 22.7 Å². The number of carbonyl (C=O) groups is 1. The van der Waals surface area contributed by atoms with Crippen molar-refractivity contribution < 1.29 is 9.53 Å². The molecule has 1 aromatic carbocycles. The van der Waals surface area contributed by atoms with Crippen LogP contribution in [-0.2, 0) is 11.3 Å². The van der Waals surface area contributed by atoms with Crippen LogP contribution in [0.1, 0.15) is 19.4 Å². The number of benzene rings is 1. The lowest BCUT2D eigenvalue weighted by molar-refractivity contribution is -0.126. The Morgan fingerprint density at radius 2 is 2.16 bits per heavy atom. The molecule has 5 heteroatoms. The molecule has 0 saturated heterocycles. The molecule has 0 radical (unpaired) electrons. The number of amides is 1. The van der Waals surface area contributed by atoms with E-state index in [1.807, 2.05) is 32.0 Å². The zero-order chi connectivity index (χ0) is 14.4. The largest absolute Gasteiger partial charge is 0.496 e. The lowest BCUT2D eigenvalue weighted by Gasteiger charge is -2.18. The van der Waals surface area contributed by atoms with E-state index in [-0.39, 0.29) is 17.7 Å². The number of nitrogens with one attached hydrogen (secondary N) is 1. The molecule has 1 unspecified atom stereocenters. The lowest BCUT2D eigenvalue weighted by atomic mass is 9.95. The van der Waals surface area contributed by atoms with Crippen LogP contribution in [0.2, 0.25) is 0 Å². The van der Waals surface area contributed by atoms with Crippen molar-refractivity contribution in [3.63, 3.8) is 0 Å². The van der Waals surface area contributed by atoms with Crippen LogP contribution in [0.3, 0.4) is 0 Å². The normalized spacial score (nSPS) is 12.3. The second kappa shape index (κ2) is 7.50. The molecular weight excluding hydrogens is 308 g/mol. The topological polar surface area (TPSA) is 64.3 Å². The highest BCUT2D eigenvalue weighted by Crippen LogP contribution is 2.23. The zero-order valence-electron chi connectivity index (χ0n) is 11.6. The van der Waals surface area contributed by atoms with Gasteiger partial charge in [-0.1, -0.05) is 29.8 Å². The smallest absolute Gasteiger partial charge is 0.224 e. The summed E-state index contributed by atoms with van der Waals surface area (Å²) in [7, 11) is 1.62. The van der Waals surface area contributed by atoms with Crippen molar-refractivity contribution in [1.29, 1.82) is 0 Å². The second-order valence-electron chi connectivity index (χ2n) is 4.76. The van der Waals surface area contributed by atoms with Crippen LogP contribution in [0.25, 0.3) is 0 Å². The minimum Gasteiger partial charge on any atom is -0.496 e. The average Bonchev–Trinajstić information content (AvgIpc) is 2.37. The molecule has 1 aromatic rings. The molecule has 0 bridgehead atoms. The van der Waals surface area contributed by atoms with Gasteiger partial charge in [-0.2, -0.15) is 0 Å². The number of ether oxygens (including phenoxy) is 1. The van der Waals surface area contributed by atoms with Gasteiger partial charge in [-0.25, -0.2) is 0 Å². The van der Waals surface area contributed by atoms with Crippen molar-refractivity contribution in [3.05, 3.63) is 28.2 Å². The highest BCUT2D eigenvalue weighted by atomic mass is 79.9. The van der Waals surface area contributed by atoms with Crippen LogP contribution in [0.5, 0.6) is 5.75 Å². The van der Waals surface area contributed by atoms with Crippen LogP contribution >= 0.6 is 15.9 Å². The molecule has 0 heterocycles. The number of halogens is 1. The van der Waals surface area contributed by atoms with Crippen molar-refractivity contribution in [2.45, 2.75) is 20.4 Å². The number of hydrogen-bond acceptors (Lipinski definition) is 3. The summed E-state index contributed by atoms with van der Waals surface area (Å²) < 4.78 is 6.23. The highest BCUT2D eigenvalue weighted by molar-refractivity contribution is 9.10. The van der Waals surface area contributed by atoms with E-state index >= 15 is 0 Å². The Hall–Kier alpha value is -1.07. The Balaban J connectivity index is 2.71. The molecule has 3 N–H and O–H groups in total. The molecule has 0 spiro atoms. The Bertz CT molecular complexity index is 435. The molecule has 1 amide bonds. The van der Waals surface area contributed by atoms with Gasteiger partial charge in [0, 0.05) is 23.1 Å². The van der Waals surface area contributed by atoms with E-state index in [2.05, 4.69) is 21.2 Å². The summed E-state index contributed by atoms with van der Waals surface area (Å²) in [5.74, 6) is 0.824. The Morgan fingerprint density at radius 3 is 2.68 bits per heavy atom. The maximum Gasteiger partial charge on any atom is 0.224 e. The van der Waals surface area contributed by atoms with E-state index < -0.39 is 0 Å². The van der Waals surface area contributed by atoms with Gasteiger partial charge in [0.1, 0.15) is 5.75 Å². The predicted octanol–water partition coefficient (Wildman–Crippen LogP) is 2.30. The number of nitrogens with two attached hydrogens (primary N) is 1. The van der Waals surface area contributed by atoms with Gasteiger partial charge in [0.15, 0.2) is 0 Å². The highest BCUT2D eigenvalue weighted by Gasteiger charge is 2.20. The Labute approximate surface area is 122 Å². The van der Waals surface area contributed by atoms with Gasteiger partial charge in [-0.15, -0.1) is 0 Å². The predicted molar refractivity (Wildman–Crippen MR) is 79.9 cm³/mol. The maximum absolute atomic E-state index is 12.0. The molecule has 0 saturated carbocycles. The molecule has 1 rings (SSSR count). The number of methoxy groups -OCH3 is 1. The summed E-state index contributed by atoms with van der Waals surface area (Å²) in [6, 6.07) is 5.71. The first-order chi connectivity index (χ1) is 8.99. The monoisotopic (exact) mass is 328 g/mol. The van der Waals surface area contributed by atoms with Crippen LogP contribution in [-0.4, -0.2) is 19.6 Å². The van der Waals surface area contributed by atoms with Crippen molar-refractivity contribution in [2.24, 2.45) is 17.6 Å². The molecule has 0 aliphatic heterocycles. The molecule has 0 aliphatic rings. The fraction of sp³-hybridized carbons (Fsp3) is 0.500. The minimum atomic E-state index is -0.154. The average molecular weight is 329 g/mol. The molecule has 0 aliphatic carbocycles. The van der Waals surface area contributed by atoms with E-state index in [9.17, 15) is 4.79 Å². The zero-order valence-corrected chi connectivity index (χ0v) is 13.2. The third-order valence-electron chi connectivity index (χ3n) is 3.09. The fourth-order valence-electron chi connectivity index (χ4n) is 1.88. The minimum absolute atomic E-state index is 0.0143. The van der Waals surface area contributed by atoms with Gasteiger partial charge in [0.2, 0.25) is 5.91 Å². The molecule has 0 fully saturated rings. The van der Waals surface area contributed by atoms with Crippen LogP contribution < -0.4 is 15.8 Å². The number of hydrogen-bond donors (Lipinski definition) is 2. The number of rotatable bonds is 6. The molecule has 1 atom stereocenters. The van der Waals surface area contributed by atoms with Gasteiger partial charge in [0.25, 0.3) is 0 Å². The van der Waals surface area contributed by atoms with E-state index in [1.165, 1.54) is 0 Å². The van der Waals surface area contributed by atoms with Crippen LogP contribution in [0.4, 0.5) is 0 Å². The quantitative estimate of drug-likeness (QED) is 0.842. The Morgan fingerprint density at radius 1 is 1.47 bits per heavy atom. The van der Waals surface area contributed by atoms with E-state index in [4.69, 9.17) is 10.5 Å². The van der Waals surface area contributed by atoms with Crippen molar-refractivity contribution >= 4 is 21.8 Å². The van der Waals surface area contributed by atoms with E-state index in [0.29, 0.717) is 13.1 Å². The van der Waals surface area contributed by atoms with Gasteiger partial charge in [0.05, 0.1) is 13.0 Å². The second-order valence-corrected chi connectivity index (χ2v) is 5.68. The summed E-state index contributed by atoms with van der Waals surface area (Å²) in [6.45, 7) is 4.79. The summed E-state index contributed by atoms with van der Waals surface area (Å²) in [6.07, 6.45) is 0. The van der Waals surface area contributed by atoms with Gasteiger partial charge >= 0.3 is 0 Å². The summed E-state index contributed by atoms with van der Waals surface area (Å²) in [4.78, 5) is 12.0. The molecule has 106 valence electrons. The van der Waals surface area contributed by atoms with E-state index in [0.717, 1.165) is 15.8 Å². The number of carbonyl (C=O) groups excluding carboxylic acids is 1. The molecule has 4 nitrogen and oxygen atoms in total. The maximum atomic E-state index is 12.0. The molecular formula is C14H21BrN2O2. The van der Waals surface area contributed by atoms with Crippen molar-refractivity contribution in [2.75, 3.05) is 13.7 Å². The lowest BCUT2D eigenvalue weighted by Crippen LogP contribution is -2.37. The van der Waals surface area contributed by atoms with E-state index in [1.54, 1.807) is 7.11 Å². The summed E-state index contributed by atoms with van der Waals surface area (Å²) in [5, 5.41) is 2.91.